The zero-order chi connectivity index (χ0) is 8.85. The van der Waals surface area contributed by atoms with Crippen molar-refractivity contribution >= 4 is 12.6 Å². The lowest BCUT2D eigenvalue weighted by Gasteiger charge is -2.01. The summed E-state index contributed by atoms with van der Waals surface area (Å²) in [5, 5.41) is 2.52. The van der Waals surface area contributed by atoms with Crippen molar-refractivity contribution < 1.29 is 4.79 Å². The first-order chi connectivity index (χ1) is 5.11. The fraction of sp³-hybridized carbons (Fsp3) is 0.500. The lowest BCUT2D eigenvalue weighted by Crippen LogP contribution is -2.19. The molecule has 3 nitrogen and oxygen atoms in total. The van der Waals surface area contributed by atoms with Gasteiger partial charge in [-0.15, -0.1) is 0 Å². The van der Waals surface area contributed by atoms with Gasteiger partial charge in [-0.1, -0.05) is 6.08 Å². The van der Waals surface area contributed by atoms with Crippen LogP contribution in [0.15, 0.2) is 16.6 Å². The lowest BCUT2D eigenvalue weighted by atomic mass is 10.2. The molecule has 0 heterocycles. The van der Waals surface area contributed by atoms with E-state index in [9.17, 15) is 4.79 Å². The molecule has 1 amide bonds. The van der Waals surface area contributed by atoms with Gasteiger partial charge in [-0.05, 0) is 20.6 Å². The number of likely N-dealkylation sites (N-methyl/N-ethyl adjacent to an activating group) is 1. The Balaban J connectivity index is 4.20. The molecule has 0 aliphatic carbocycles. The van der Waals surface area contributed by atoms with E-state index in [2.05, 4.69) is 17.0 Å². The van der Waals surface area contributed by atoms with E-state index in [0.29, 0.717) is 5.57 Å². The average molecular weight is 154 g/mol. The van der Waals surface area contributed by atoms with Crippen molar-refractivity contribution in [3.8, 4) is 0 Å². The third-order valence-corrected chi connectivity index (χ3v) is 1.36. The van der Waals surface area contributed by atoms with Crippen molar-refractivity contribution in [3.63, 3.8) is 0 Å². The number of nitrogens with one attached hydrogen (secondary N) is 1. The Morgan fingerprint density at radius 3 is 2.64 bits per heavy atom. The molecule has 1 unspecified atom stereocenters. The van der Waals surface area contributed by atoms with Crippen molar-refractivity contribution in [1.82, 2.24) is 5.32 Å². The molecular formula is C8H14N2O. The van der Waals surface area contributed by atoms with E-state index < -0.39 is 0 Å². The van der Waals surface area contributed by atoms with Crippen LogP contribution in [0.2, 0.25) is 0 Å². The number of hydrogen-bond donors (Lipinski definition) is 1. The first-order valence-corrected chi connectivity index (χ1v) is 3.48. The van der Waals surface area contributed by atoms with Gasteiger partial charge in [0.1, 0.15) is 0 Å². The van der Waals surface area contributed by atoms with Gasteiger partial charge in [0.25, 0.3) is 0 Å². The minimum atomic E-state index is -0.0690. The number of hydrogen-bond acceptors (Lipinski definition) is 2. The quantitative estimate of drug-likeness (QED) is 0.473. The molecule has 0 aliphatic heterocycles. The largest absolute Gasteiger partial charge is 0.355 e. The molecule has 0 aromatic carbocycles. The Morgan fingerprint density at radius 1 is 1.73 bits per heavy atom. The maximum atomic E-state index is 10.9. The van der Waals surface area contributed by atoms with E-state index in [4.69, 9.17) is 0 Å². The monoisotopic (exact) mass is 154 g/mol. The summed E-state index contributed by atoms with van der Waals surface area (Å²) in [6.45, 7) is 7.00. The van der Waals surface area contributed by atoms with Crippen LogP contribution >= 0.6 is 0 Å². The highest BCUT2D eigenvalue weighted by atomic mass is 16.1. The first-order valence-electron chi connectivity index (χ1n) is 3.48. The number of aliphatic imine (C=N–C) groups is 1. The summed E-state index contributed by atoms with van der Waals surface area (Å²) in [5.74, 6) is -0.0690. The number of carbonyl (C=O) groups is 1. The Kier molecular flexibility index (Phi) is 4.18. The topological polar surface area (TPSA) is 41.5 Å². The molecule has 0 aromatic rings. The van der Waals surface area contributed by atoms with Gasteiger partial charge in [-0.3, -0.25) is 9.79 Å². The highest BCUT2D eigenvalue weighted by Gasteiger charge is 2.01. The highest BCUT2D eigenvalue weighted by Crippen LogP contribution is 1.97. The molecule has 11 heavy (non-hydrogen) atoms. The molecule has 0 aliphatic rings. The van der Waals surface area contributed by atoms with Crippen molar-refractivity contribution in [2.75, 3.05) is 7.05 Å². The van der Waals surface area contributed by atoms with Crippen LogP contribution in [0.3, 0.4) is 0 Å². The first kappa shape index (κ1) is 9.88. The van der Waals surface area contributed by atoms with E-state index in [1.165, 1.54) is 0 Å². The minimum absolute atomic E-state index is 0.00676. The second-order valence-corrected chi connectivity index (χ2v) is 2.35. The third kappa shape index (κ3) is 3.55. The standard InChI is InChI=1S/C8H14N2O/c1-6(8(11)10-4)5-7(2)9-3/h5,7H,3H2,1-2,4H3,(H,10,11)/b6-5+. The molecule has 0 radical (unpaired) electrons. The summed E-state index contributed by atoms with van der Waals surface area (Å²) in [6.07, 6.45) is 1.77. The predicted octanol–water partition coefficient (Wildman–Crippen LogP) is 0.768. The average Bonchev–Trinajstić information content (AvgIpc) is 2.02. The zero-order valence-electron chi connectivity index (χ0n) is 7.22. The van der Waals surface area contributed by atoms with Crippen LogP contribution in [0.5, 0.6) is 0 Å². The van der Waals surface area contributed by atoms with E-state index in [1.54, 1.807) is 20.0 Å². The normalized spacial score (nSPS) is 13.9. The van der Waals surface area contributed by atoms with Crippen LogP contribution in [0.25, 0.3) is 0 Å². The van der Waals surface area contributed by atoms with Gasteiger partial charge >= 0.3 is 0 Å². The van der Waals surface area contributed by atoms with Crippen molar-refractivity contribution in [3.05, 3.63) is 11.6 Å². The molecule has 0 spiro atoms. The van der Waals surface area contributed by atoms with Crippen molar-refractivity contribution in [2.45, 2.75) is 19.9 Å². The minimum Gasteiger partial charge on any atom is -0.355 e. The second-order valence-electron chi connectivity index (χ2n) is 2.35. The number of nitrogens with zero attached hydrogens (tertiary/aromatic N) is 1. The predicted molar refractivity (Wildman–Crippen MR) is 46.8 cm³/mol. The third-order valence-electron chi connectivity index (χ3n) is 1.36. The zero-order valence-corrected chi connectivity index (χ0v) is 7.22. The Hall–Kier alpha value is -1.12. The molecule has 0 rings (SSSR count). The fourth-order valence-electron chi connectivity index (χ4n) is 0.687. The van der Waals surface area contributed by atoms with Crippen molar-refractivity contribution in [1.29, 1.82) is 0 Å². The van der Waals surface area contributed by atoms with Crippen molar-refractivity contribution in [2.24, 2.45) is 4.99 Å². The molecule has 62 valence electrons. The van der Waals surface area contributed by atoms with Crippen LogP contribution in [-0.2, 0) is 4.79 Å². The Morgan fingerprint density at radius 2 is 2.27 bits per heavy atom. The van der Waals surface area contributed by atoms with Crippen LogP contribution in [-0.4, -0.2) is 25.7 Å². The van der Waals surface area contributed by atoms with Gasteiger partial charge in [0.2, 0.25) is 5.91 Å². The van der Waals surface area contributed by atoms with Gasteiger partial charge < -0.3 is 5.32 Å². The van der Waals surface area contributed by atoms with Crippen LogP contribution in [0.1, 0.15) is 13.8 Å². The van der Waals surface area contributed by atoms with Gasteiger partial charge in [-0.2, -0.15) is 0 Å². The molecule has 0 bridgehead atoms. The summed E-state index contributed by atoms with van der Waals surface area (Å²) in [7, 11) is 1.60. The summed E-state index contributed by atoms with van der Waals surface area (Å²) in [4.78, 5) is 14.7. The van der Waals surface area contributed by atoms with Gasteiger partial charge in [-0.25, -0.2) is 0 Å². The molecule has 1 N–H and O–H groups in total. The van der Waals surface area contributed by atoms with Gasteiger partial charge in [0, 0.05) is 12.6 Å². The van der Waals surface area contributed by atoms with Gasteiger partial charge in [0.05, 0.1) is 6.04 Å². The van der Waals surface area contributed by atoms with E-state index >= 15 is 0 Å². The molecule has 0 saturated heterocycles. The van der Waals surface area contributed by atoms with E-state index in [1.807, 2.05) is 6.92 Å². The number of carbonyl (C=O) groups excluding carboxylic acids is 1. The summed E-state index contributed by atoms with van der Waals surface area (Å²) in [5.41, 5.74) is 0.674. The maximum absolute atomic E-state index is 10.9. The number of rotatable bonds is 3. The molecule has 0 aromatic heterocycles. The summed E-state index contributed by atoms with van der Waals surface area (Å²) in [6, 6.07) is 0.00676. The summed E-state index contributed by atoms with van der Waals surface area (Å²) >= 11 is 0. The fourth-order valence-corrected chi connectivity index (χ4v) is 0.687. The molecule has 0 fully saturated rings. The van der Waals surface area contributed by atoms with Crippen LogP contribution < -0.4 is 5.32 Å². The van der Waals surface area contributed by atoms with Crippen LogP contribution in [0, 0.1) is 0 Å². The van der Waals surface area contributed by atoms with Crippen LogP contribution in [0.4, 0.5) is 0 Å². The Bertz CT molecular complexity index is 185. The maximum Gasteiger partial charge on any atom is 0.246 e. The Labute approximate surface area is 67.2 Å². The number of amides is 1. The SMILES string of the molecule is C=NC(C)/C=C(\C)C(=O)NC. The molecule has 0 saturated carbocycles. The lowest BCUT2D eigenvalue weighted by molar-refractivity contribution is -0.117. The highest BCUT2D eigenvalue weighted by molar-refractivity contribution is 5.92. The molecule has 1 atom stereocenters. The molecular weight excluding hydrogens is 140 g/mol. The second kappa shape index (κ2) is 4.66. The molecule has 3 heteroatoms. The van der Waals surface area contributed by atoms with Gasteiger partial charge in [0.15, 0.2) is 0 Å². The van der Waals surface area contributed by atoms with E-state index in [0.717, 1.165) is 0 Å². The smallest absolute Gasteiger partial charge is 0.246 e. The summed E-state index contributed by atoms with van der Waals surface area (Å²) < 4.78 is 0. The van der Waals surface area contributed by atoms with E-state index in [-0.39, 0.29) is 11.9 Å².